The first-order valence-electron chi connectivity index (χ1n) is 8.99. The summed E-state index contributed by atoms with van der Waals surface area (Å²) in [7, 11) is 0. The van der Waals surface area contributed by atoms with Crippen LogP contribution in [0.25, 0.3) is 0 Å². The second-order valence-corrected chi connectivity index (χ2v) is 8.03. The smallest absolute Gasteiger partial charge is 0.230 e. The summed E-state index contributed by atoms with van der Waals surface area (Å²) in [5.41, 5.74) is 0. The van der Waals surface area contributed by atoms with Gasteiger partial charge in [-0.05, 0) is 31.1 Å². The van der Waals surface area contributed by atoms with Crippen molar-refractivity contribution in [2.75, 3.05) is 5.75 Å². The minimum Gasteiger partial charge on any atom is -0.352 e. The Balaban J connectivity index is 1.52. The number of hydrogen-bond donors (Lipinski definition) is 1. The zero-order chi connectivity index (χ0) is 16.2. The summed E-state index contributed by atoms with van der Waals surface area (Å²) in [5.74, 6) is 2.93. The van der Waals surface area contributed by atoms with Crippen LogP contribution in [0.5, 0.6) is 0 Å². The maximum atomic E-state index is 12.3. The number of thioether (sulfide) groups is 1. The molecule has 1 N–H and O–H groups in total. The number of nitrogens with zero attached hydrogens (tertiary/aromatic N) is 3. The van der Waals surface area contributed by atoms with Crippen molar-refractivity contribution in [1.82, 2.24) is 20.1 Å². The molecule has 0 spiro atoms. The number of amides is 1. The van der Waals surface area contributed by atoms with E-state index in [-0.39, 0.29) is 5.91 Å². The van der Waals surface area contributed by atoms with Gasteiger partial charge in [0, 0.05) is 19.0 Å². The van der Waals surface area contributed by atoms with E-state index in [1.807, 2.05) is 0 Å². The van der Waals surface area contributed by atoms with Crippen molar-refractivity contribution in [1.29, 1.82) is 0 Å². The van der Waals surface area contributed by atoms with Gasteiger partial charge < -0.3 is 9.88 Å². The molecule has 0 unspecified atom stereocenters. The second kappa shape index (κ2) is 7.69. The van der Waals surface area contributed by atoms with Crippen molar-refractivity contribution >= 4 is 17.7 Å². The lowest BCUT2D eigenvalue weighted by Crippen LogP contribution is -2.44. The Morgan fingerprint density at radius 2 is 2.09 bits per heavy atom. The van der Waals surface area contributed by atoms with E-state index < -0.39 is 0 Å². The Bertz CT molecular complexity index is 545. The highest BCUT2D eigenvalue weighted by molar-refractivity contribution is 7.99. The highest BCUT2D eigenvalue weighted by Gasteiger charge is 2.28. The first kappa shape index (κ1) is 16.8. The molecule has 1 aliphatic carbocycles. The Morgan fingerprint density at radius 3 is 2.96 bits per heavy atom. The molecule has 0 aromatic carbocycles. The van der Waals surface area contributed by atoms with Crippen LogP contribution in [0.4, 0.5) is 0 Å². The maximum absolute atomic E-state index is 12.3. The summed E-state index contributed by atoms with van der Waals surface area (Å²) in [6, 6.07) is 0.336. The quantitative estimate of drug-likeness (QED) is 0.859. The highest BCUT2D eigenvalue weighted by Crippen LogP contribution is 2.29. The average Bonchev–Trinajstić information content (AvgIpc) is 2.76. The van der Waals surface area contributed by atoms with Gasteiger partial charge in [0.2, 0.25) is 5.91 Å². The Kier molecular flexibility index (Phi) is 5.62. The third kappa shape index (κ3) is 4.08. The second-order valence-electron chi connectivity index (χ2n) is 7.09. The van der Waals surface area contributed by atoms with Gasteiger partial charge in [-0.3, -0.25) is 4.79 Å². The van der Waals surface area contributed by atoms with Crippen molar-refractivity contribution in [2.45, 2.75) is 76.5 Å². The zero-order valence-corrected chi connectivity index (χ0v) is 15.1. The molecule has 1 amide bonds. The minimum absolute atomic E-state index is 0.131. The molecule has 3 rings (SSSR count). The molecular weight excluding hydrogens is 308 g/mol. The van der Waals surface area contributed by atoms with Crippen LogP contribution in [-0.2, 0) is 17.8 Å². The molecule has 5 nitrogen and oxygen atoms in total. The van der Waals surface area contributed by atoms with Crippen LogP contribution in [0.2, 0.25) is 0 Å². The van der Waals surface area contributed by atoms with Crippen LogP contribution in [0, 0.1) is 11.8 Å². The van der Waals surface area contributed by atoms with Gasteiger partial charge in [-0.25, -0.2) is 0 Å². The van der Waals surface area contributed by atoms with Gasteiger partial charge in [-0.1, -0.05) is 44.9 Å². The molecule has 3 atom stereocenters. The number of carbonyl (C=O) groups excluding carboxylic acids is 1. The normalized spacial score (nSPS) is 28.0. The summed E-state index contributed by atoms with van der Waals surface area (Å²) in [5, 5.41) is 12.7. The van der Waals surface area contributed by atoms with E-state index in [4.69, 9.17) is 0 Å². The van der Waals surface area contributed by atoms with Crippen molar-refractivity contribution in [3.05, 3.63) is 5.82 Å². The first-order chi connectivity index (χ1) is 11.1. The predicted octanol–water partition coefficient (Wildman–Crippen LogP) is 3.04. The number of aryl methyl sites for hydroxylation is 1. The summed E-state index contributed by atoms with van der Waals surface area (Å²) in [4.78, 5) is 12.3. The summed E-state index contributed by atoms with van der Waals surface area (Å²) >= 11 is 1.53. The SMILES string of the molecule is C[C@@H]1[C@H](C)CCC[C@@H]1NC(=O)CSc1nnc2n1CCCCC2. The highest BCUT2D eigenvalue weighted by atomic mass is 32.2. The van der Waals surface area contributed by atoms with Gasteiger partial charge in [0.15, 0.2) is 5.16 Å². The molecule has 1 aromatic rings. The molecule has 2 aliphatic rings. The van der Waals surface area contributed by atoms with Gasteiger partial charge in [0.05, 0.1) is 5.75 Å². The van der Waals surface area contributed by atoms with Crippen molar-refractivity contribution in [3.63, 3.8) is 0 Å². The molecular formula is C17H28N4OS. The van der Waals surface area contributed by atoms with Gasteiger partial charge in [0.1, 0.15) is 5.82 Å². The van der Waals surface area contributed by atoms with E-state index in [1.165, 1.54) is 43.9 Å². The number of carbonyl (C=O) groups is 1. The van der Waals surface area contributed by atoms with Crippen molar-refractivity contribution in [3.8, 4) is 0 Å². The van der Waals surface area contributed by atoms with E-state index >= 15 is 0 Å². The Morgan fingerprint density at radius 1 is 1.22 bits per heavy atom. The summed E-state index contributed by atoms with van der Waals surface area (Å²) < 4.78 is 2.20. The van der Waals surface area contributed by atoms with E-state index in [1.54, 1.807) is 0 Å². The fourth-order valence-corrected chi connectivity index (χ4v) is 4.52. The monoisotopic (exact) mass is 336 g/mol. The van der Waals surface area contributed by atoms with E-state index in [0.717, 1.165) is 30.4 Å². The third-order valence-corrected chi connectivity index (χ3v) is 6.43. The number of fused-ring (bicyclic) bond motifs is 1. The summed E-state index contributed by atoms with van der Waals surface area (Å²) in [6.07, 6.45) is 8.27. The molecule has 1 saturated carbocycles. The van der Waals surface area contributed by atoms with Crippen LogP contribution in [0.1, 0.15) is 58.2 Å². The molecule has 1 fully saturated rings. The maximum Gasteiger partial charge on any atom is 0.230 e. The molecule has 1 aromatic heterocycles. The number of nitrogens with one attached hydrogen (secondary N) is 1. The lowest BCUT2D eigenvalue weighted by Gasteiger charge is -2.34. The third-order valence-electron chi connectivity index (χ3n) is 5.46. The van der Waals surface area contributed by atoms with E-state index in [0.29, 0.717) is 23.6 Å². The average molecular weight is 337 g/mol. The molecule has 0 bridgehead atoms. The fraction of sp³-hybridized carbons (Fsp3) is 0.824. The molecule has 128 valence electrons. The largest absolute Gasteiger partial charge is 0.352 e. The van der Waals surface area contributed by atoms with Crippen LogP contribution < -0.4 is 5.32 Å². The Labute approximate surface area is 143 Å². The lowest BCUT2D eigenvalue weighted by molar-refractivity contribution is -0.120. The minimum atomic E-state index is 0.131. The molecule has 6 heteroatoms. The standard InChI is InChI=1S/C17H28N4OS/c1-12-7-6-8-14(13(12)2)18-16(22)11-23-17-20-19-15-9-4-3-5-10-21(15)17/h12-14H,3-11H2,1-2H3,(H,18,22)/t12-,13-,14+/m1/s1. The summed E-state index contributed by atoms with van der Waals surface area (Å²) in [6.45, 7) is 5.55. The van der Waals surface area contributed by atoms with Gasteiger partial charge in [0.25, 0.3) is 0 Å². The van der Waals surface area contributed by atoms with Crippen molar-refractivity contribution < 1.29 is 4.79 Å². The van der Waals surface area contributed by atoms with Crippen LogP contribution >= 0.6 is 11.8 Å². The van der Waals surface area contributed by atoms with Gasteiger partial charge in [-0.15, -0.1) is 10.2 Å². The molecule has 0 radical (unpaired) electrons. The predicted molar refractivity (Wildman–Crippen MR) is 92.4 cm³/mol. The zero-order valence-electron chi connectivity index (χ0n) is 14.3. The van der Waals surface area contributed by atoms with Crippen LogP contribution in [-0.4, -0.2) is 32.5 Å². The number of rotatable bonds is 4. The molecule has 1 aliphatic heterocycles. The molecule has 23 heavy (non-hydrogen) atoms. The number of aromatic nitrogens is 3. The molecule has 0 saturated heterocycles. The lowest BCUT2D eigenvalue weighted by atomic mass is 9.78. The fourth-order valence-electron chi connectivity index (χ4n) is 3.73. The topological polar surface area (TPSA) is 59.8 Å². The van der Waals surface area contributed by atoms with Gasteiger partial charge >= 0.3 is 0 Å². The van der Waals surface area contributed by atoms with E-state index in [2.05, 4.69) is 33.9 Å². The Hall–Kier alpha value is -1.04. The van der Waals surface area contributed by atoms with Gasteiger partial charge in [-0.2, -0.15) is 0 Å². The van der Waals surface area contributed by atoms with Crippen LogP contribution in [0.3, 0.4) is 0 Å². The van der Waals surface area contributed by atoms with Crippen molar-refractivity contribution in [2.24, 2.45) is 11.8 Å². The molecule has 2 heterocycles. The van der Waals surface area contributed by atoms with E-state index in [9.17, 15) is 4.79 Å². The van der Waals surface area contributed by atoms with Crippen LogP contribution in [0.15, 0.2) is 5.16 Å². The number of hydrogen-bond acceptors (Lipinski definition) is 4. The first-order valence-corrected chi connectivity index (χ1v) is 9.98.